The van der Waals surface area contributed by atoms with Crippen LogP contribution >= 0.6 is 0 Å². The van der Waals surface area contributed by atoms with E-state index >= 15 is 0 Å². The van der Waals surface area contributed by atoms with Crippen LogP contribution in [0.15, 0.2) is 18.2 Å². The van der Waals surface area contributed by atoms with Gasteiger partial charge in [0, 0.05) is 11.6 Å². The van der Waals surface area contributed by atoms with Crippen LogP contribution in [0.4, 0.5) is 0 Å². The van der Waals surface area contributed by atoms with Crippen LogP contribution in [0.1, 0.15) is 54.6 Å². The van der Waals surface area contributed by atoms with Crippen LogP contribution in [-0.2, 0) is 0 Å². The molecule has 1 saturated carbocycles. The summed E-state index contributed by atoms with van der Waals surface area (Å²) in [6.07, 6.45) is 3.63. The quantitative estimate of drug-likeness (QED) is 0.858. The highest BCUT2D eigenvalue weighted by Gasteiger charge is 2.28. The highest BCUT2D eigenvalue weighted by Crippen LogP contribution is 2.29. The lowest BCUT2D eigenvalue weighted by Crippen LogP contribution is -2.43. The van der Waals surface area contributed by atoms with E-state index < -0.39 is 0 Å². The number of hydrogen-bond acceptors (Lipinski definition) is 1. The molecule has 0 spiro atoms. The second-order valence-electron chi connectivity index (χ2n) is 6.15. The minimum atomic E-state index is 0.0778. The van der Waals surface area contributed by atoms with Gasteiger partial charge in [0.05, 0.1) is 0 Å². The van der Waals surface area contributed by atoms with Gasteiger partial charge in [-0.05, 0) is 55.4 Å². The Morgan fingerprint density at radius 3 is 2.58 bits per heavy atom. The Labute approximate surface area is 116 Å². The first-order valence-electron chi connectivity index (χ1n) is 7.37. The molecule has 1 aromatic carbocycles. The molecule has 1 aliphatic rings. The first kappa shape index (κ1) is 14.1. The maximum absolute atomic E-state index is 12.3. The largest absolute Gasteiger partial charge is 0.349 e. The van der Waals surface area contributed by atoms with Crippen LogP contribution in [0.2, 0.25) is 0 Å². The van der Waals surface area contributed by atoms with Gasteiger partial charge >= 0.3 is 0 Å². The second kappa shape index (κ2) is 5.77. The Morgan fingerprint density at radius 1 is 1.16 bits per heavy atom. The third-order valence-corrected chi connectivity index (χ3v) is 4.79. The lowest BCUT2D eigenvalue weighted by atomic mass is 9.78. The van der Waals surface area contributed by atoms with E-state index in [1.54, 1.807) is 0 Å². The monoisotopic (exact) mass is 259 g/mol. The molecule has 0 heterocycles. The lowest BCUT2D eigenvalue weighted by Gasteiger charge is -2.34. The van der Waals surface area contributed by atoms with Crippen LogP contribution in [-0.4, -0.2) is 11.9 Å². The fourth-order valence-electron chi connectivity index (χ4n) is 2.92. The molecule has 2 nitrogen and oxygen atoms in total. The van der Waals surface area contributed by atoms with Gasteiger partial charge < -0.3 is 5.32 Å². The van der Waals surface area contributed by atoms with Gasteiger partial charge in [-0.1, -0.05) is 32.8 Å². The van der Waals surface area contributed by atoms with Gasteiger partial charge in [0.2, 0.25) is 0 Å². The molecular formula is C17H25NO. The van der Waals surface area contributed by atoms with E-state index in [9.17, 15) is 4.79 Å². The predicted octanol–water partition coefficient (Wildman–Crippen LogP) is 3.86. The Balaban J connectivity index is 2.06. The molecule has 0 aromatic heterocycles. The van der Waals surface area contributed by atoms with Gasteiger partial charge in [-0.2, -0.15) is 0 Å². The second-order valence-corrected chi connectivity index (χ2v) is 6.15. The third kappa shape index (κ3) is 3.17. The first-order chi connectivity index (χ1) is 8.99. The van der Waals surface area contributed by atoms with Crippen molar-refractivity contribution in [1.82, 2.24) is 5.32 Å². The van der Waals surface area contributed by atoms with E-state index in [4.69, 9.17) is 0 Å². The number of nitrogens with one attached hydrogen (secondary N) is 1. The van der Waals surface area contributed by atoms with Crippen LogP contribution in [0.3, 0.4) is 0 Å². The van der Waals surface area contributed by atoms with Gasteiger partial charge in [-0.15, -0.1) is 0 Å². The molecule has 0 saturated heterocycles. The fraction of sp³-hybridized carbons (Fsp3) is 0.588. The van der Waals surface area contributed by atoms with Gasteiger partial charge in [0.25, 0.3) is 5.91 Å². The van der Waals surface area contributed by atoms with Crippen molar-refractivity contribution in [2.24, 2.45) is 11.8 Å². The van der Waals surface area contributed by atoms with Crippen molar-refractivity contribution in [3.8, 4) is 0 Å². The van der Waals surface area contributed by atoms with Crippen molar-refractivity contribution in [2.45, 2.75) is 53.0 Å². The maximum atomic E-state index is 12.3. The number of hydrogen-bond donors (Lipinski definition) is 1. The van der Waals surface area contributed by atoms with Crippen molar-refractivity contribution >= 4 is 5.91 Å². The Hall–Kier alpha value is -1.31. The van der Waals surface area contributed by atoms with Crippen molar-refractivity contribution in [2.75, 3.05) is 0 Å². The molecule has 1 N–H and O–H groups in total. The molecule has 19 heavy (non-hydrogen) atoms. The number of aryl methyl sites for hydroxylation is 2. The molecule has 2 rings (SSSR count). The molecule has 3 atom stereocenters. The summed E-state index contributed by atoms with van der Waals surface area (Å²) in [5, 5.41) is 3.22. The predicted molar refractivity (Wildman–Crippen MR) is 79.3 cm³/mol. The molecule has 104 valence electrons. The summed E-state index contributed by atoms with van der Waals surface area (Å²) in [6.45, 7) is 8.67. The van der Waals surface area contributed by atoms with E-state index in [1.165, 1.54) is 24.0 Å². The number of amides is 1. The molecule has 0 radical (unpaired) electrons. The van der Waals surface area contributed by atoms with Crippen molar-refractivity contribution < 1.29 is 4.79 Å². The van der Waals surface area contributed by atoms with E-state index in [0.29, 0.717) is 17.9 Å². The molecule has 0 unspecified atom stereocenters. The highest BCUT2D eigenvalue weighted by atomic mass is 16.1. The van der Waals surface area contributed by atoms with Gasteiger partial charge in [0.1, 0.15) is 0 Å². The van der Waals surface area contributed by atoms with E-state index in [0.717, 1.165) is 12.0 Å². The van der Waals surface area contributed by atoms with E-state index in [-0.39, 0.29) is 5.91 Å². The van der Waals surface area contributed by atoms with Crippen molar-refractivity contribution in [3.05, 3.63) is 34.9 Å². The standard InChI is InChI=1S/C17H25NO/c1-11-8-9-15(10-13(11)3)17(19)18-16-7-5-6-12(2)14(16)4/h8-10,12,14,16H,5-7H2,1-4H3,(H,18,19)/t12-,14+,16+/m1/s1. The lowest BCUT2D eigenvalue weighted by molar-refractivity contribution is 0.0891. The van der Waals surface area contributed by atoms with Gasteiger partial charge in [-0.25, -0.2) is 0 Å². The summed E-state index contributed by atoms with van der Waals surface area (Å²) in [6, 6.07) is 6.27. The minimum absolute atomic E-state index is 0.0778. The topological polar surface area (TPSA) is 29.1 Å². The van der Waals surface area contributed by atoms with Crippen molar-refractivity contribution in [3.63, 3.8) is 0 Å². The van der Waals surface area contributed by atoms with E-state index in [1.807, 2.05) is 18.2 Å². The molecule has 2 heteroatoms. The zero-order chi connectivity index (χ0) is 14.0. The molecular weight excluding hydrogens is 234 g/mol. The molecule has 0 bridgehead atoms. The number of carbonyl (C=O) groups is 1. The van der Waals surface area contributed by atoms with E-state index in [2.05, 4.69) is 33.0 Å². The average molecular weight is 259 g/mol. The summed E-state index contributed by atoms with van der Waals surface area (Å²) >= 11 is 0. The first-order valence-corrected chi connectivity index (χ1v) is 7.37. The summed E-state index contributed by atoms with van der Waals surface area (Å²) in [4.78, 5) is 12.3. The van der Waals surface area contributed by atoms with Gasteiger partial charge in [0.15, 0.2) is 0 Å². The number of carbonyl (C=O) groups excluding carboxylic acids is 1. The SMILES string of the molecule is Cc1ccc(C(=O)N[C@H]2CCC[C@@H](C)[C@@H]2C)cc1C. The summed E-state index contributed by atoms with van der Waals surface area (Å²) < 4.78 is 0. The summed E-state index contributed by atoms with van der Waals surface area (Å²) in [7, 11) is 0. The third-order valence-electron chi connectivity index (χ3n) is 4.79. The summed E-state index contributed by atoms with van der Waals surface area (Å²) in [5.41, 5.74) is 3.20. The van der Waals surface area contributed by atoms with Crippen LogP contribution in [0, 0.1) is 25.7 Å². The van der Waals surface area contributed by atoms with Crippen LogP contribution < -0.4 is 5.32 Å². The number of benzene rings is 1. The minimum Gasteiger partial charge on any atom is -0.349 e. The molecule has 1 fully saturated rings. The number of rotatable bonds is 2. The summed E-state index contributed by atoms with van der Waals surface area (Å²) in [5.74, 6) is 1.36. The Kier molecular flexibility index (Phi) is 4.28. The Bertz CT molecular complexity index is 466. The normalized spacial score (nSPS) is 27.1. The molecule has 0 aliphatic heterocycles. The van der Waals surface area contributed by atoms with Crippen LogP contribution in [0.25, 0.3) is 0 Å². The zero-order valence-electron chi connectivity index (χ0n) is 12.5. The van der Waals surface area contributed by atoms with Crippen molar-refractivity contribution in [1.29, 1.82) is 0 Å². The molecule has 1 amide bonds. The smallest absolute Gasteiger partial charge is 0.251 e. The zero-order valence-corrected chi connectivity index (χ0v) is 12.5. The van der Waals surface area contributed by atoms with Crippen LogP contribution in [0.5, 0.6) is 0 Å². The fourth-order valence-corrected chi connectivity index (χ4v) is 2.92. The molecule has 1 aromatic rings. The Morgan fingerprint density at radius 2 is 1.89 bits per heavy atom. The van der Waals surface area contributed by atoms with Gasteiger partial charge in [-0.3, -0.25) is 4.79 Å². The molecule has 1 aliphatic carbocycles. The average Bonchev–Trinajstić information content (AvgIpc) is 2.38. The maximum Gasteiger partial charge on any atom is 0.251 e. The highest BCUT2D eigenvalue weighted by molar-refractivity contribution is 5.94.